The normalized spacial score (nSPS) is 13.5. The zero-order valence-electron chi connectivity index (χ0n) is 33.7. The van der Waals surface area contributed by atoms with E-state index in [0.717, 1.165) is 47.4 Å². The van der Waals surface area contributed by atoms with Crippen LogP contribution in [-0.4, -0.2) is 90.3 Å². The van der Waals surface area contributed by atoms with Crippen molar-refractivity contribution in [1.82, 2.24) is 45.2 Å². The van der Waals surface area contributed by atoms with Crippen LogP contribution >= 0.6 is 15.9 Å². The van der Waals surface area contributed by atoms with Gasteiger partial charge in [0.05, 0.1) is 47.8 Å². The lowest BCUT2D eigenvalue weighted by molar-refractivity contribution is 0.0350. The van der Waals surface area contributed by atoms with Crippen LogP contribution in [0.4, 0.5) is 40.8 Å². The SMILES string of the molecule is COc1ccc(Br)cc1-c1[nH]nc2nc(Nc3ccc(F)cc3F)ncc12.COc1ccc(C#CC2(O)CCN(C)CC2)cc1-c1[nH]nc2nc(Nc3ccc(F)cc3F)ncc12. The monoisotopic (exact) mass is 921 g/mol. The van der Waals surface area contributed by atoms with Crippen molar-refractivity contribution in [1.29, 1.82) is 0 Å². The minimum absolute atomic E-state index is 0.0470. The molecule has 5 N–H and O–H groups in total. The molecule has 320 valence electrons. The van der Waals surface area contributed by atoms with Gasteiger partial charge in [-0.25, -0.2) is 27.5 Å². The first-order valence-corrected chi connectivity index (χ1v) is 20.0. The number of likely N-dealkylation sites (tertiary alicyclic amines) is 1. The summed E-state index contributed by atoms with van der Waals surface area (Å²) in [7, 11) is 5.18. The Morgan fingerprint density at radius 3 is 1.73 bits per heavy atom. The third-order valence-corrected chi connectivity index (χ3v) is 10.6. The molecule has 0 saturated carbocycles. The Hall–Kier alpha value is -7.14. The van der Waals surface area contributed by atoms with Crippen LogP contribution in [-0.2, 0) is 0 Å². The summed E-state index contributed by atoms with van der Waals surface area (Å²) >= 11 is 3.44. The molecule has 14 nitrogen and oxygen atoms in total. The van der Waals surface area contributed by atoms with E-state index < -0.39 is 28.9 Å². The average Bonchev–Trinajstić information content (AvgIpc) is 3.90. The average molecular weight is 923 g/mol. The summed E-state index contributed by atoms with van der Waals surface area (Å²) in [5.41, 5.74) is 3.40. The zero-order valence-corrected chi connectivity index (χ0v) is 35.3. The molecule has 1 saturated heterocycles. The summed E-state index contributed by atoms with van der Waals surface area (Å²) < 4.78 is 65.8. The number of aromatic nitrogens is 8. The first kappa shape index (κ1) is 42.5. The first-order valence-electron chi connectivity index (χ1n) is 19.2. The molecule has 0 bridgehead atoms. The second-order valence-corrected chi connectivity index (χ2v) is 15.3. The summed E-state index contributed by atoms with van der Waals surface area (Å²) in [4.78, 5) is 19.3. The van der Waals surface area contributed by atoms with Gasteiger partial charge in [0.25, 0.3) is 0 Å². The van der Waals surface area contributed by atoms with Gasteiger partial charge in [-0.15, -0.1) is 0 Å². The molecule has 0 amide bonds. The molecular weight excluding hydrogens is 886 g/mol. The highest BCUT2D eigenvalue weighted by Gasteiger charge is 2.29. The van der Waals surface area contributed by atoms with Crippen molar-refractivity contribution in [2.75, 3.05) is 45.0 Å². The van der Waals surface area contributed by atoms with Gasteiger partial charge in [0.1, 0.15) is 40.4 Å². The Balaban J connectivity index is 0.000000180. The van der Waals surface area contributed by atoms with Gasteiger partial charge in [0, 0.05) is 71.6 Å². The van der Waals surface area contributed by atoms with E-state index in [1.165, 1.54) is 12.1 Å². The maximum atomic E-state index is 14.0. The van der Waals surface area contributed by atoms with Crippen LogP contribution in [0.3, 0.4) is 0 Å². The second kappa shape index (κ2) is 18.1. The molecule has 1 aliphatic heterocycles. The van der Waals surface area contributed by atoms with Crippen LogP contribution < -0.4 is 20.1 Å². The molecule has 9 rings (SSSR count). The minimum Gasteiger partial charge on any atom is -0.496 e. The van der Waals surface area contributed by atoms with Gasteiger partial charge in [0.2, 0.25) is 11.9 Å². The number of H-pyrrole nitrogens is 2. The van der Waals surface area contributed by atoms with Gasteiger partial charge in [-0.3, -0.25) is 10.2 Å². The van der Waals surface area contributed by atoms with Gasteiger partial charge >= 0.3 is 0 Å². The van der Waals surface area contributed by atoms with E-state index in [1.54, 1.807) is 32.7 Å². The standard InChI is InChI=1S/C26H24F2N6O2.C18H12BrF2N5O/c1-34-11-9-26(35,10-12-34)8-7-16-3-6-22(36-2)18(13-16)23-19-15-29-25(31-24(19)33-32-23)30-21-5-4-17(27)14-20(21)28;1-27-15-5-2-9(19)6-11(15)16-12-8-22-18(24-17(12)26-25-16)23-14-4-3-10(20)7-13(14)21/h3-6,13-15,35H,9-12H2,1-2H3,(H2,29,30,31,32,33);2-8H,1H3,(H2,22,23,24,25,26). The van der Waals surface area contributed by atoms with Crippen molar-refractivity contribution in [3.63, 3.8) is 0 Å². The topological polar surface area (TPSA) is 175 Å². The van der Waals surface area contributed by atoms with Crippen molar-refractivity contribution in [3.8, 4) is 45.9 Å². The fourth-order valence-corrected chi connectivity index (χ4v) is 7.08. The number of nitrogens with one attached hydrogen (secondary N) is 4. The highest BCUT2D eigenvalue weighted by atomic mass is 79.9. The van der Waals surface area contributed by atoms with E-state index in [1.807, 2.05) is 37.4 Å². The summed E-state index contributed by atoms with van der Waals surface area (Å²) in [5, 5.41) is 31.9. The van der Waals surface area contributed by atoms with E-state index in [4.69, 9.17) is 9.47 Å². The molecule has 0 aliphatic carbocycles. The van der Waals surface area contributed by atoms with E-state index in [0.29, 0.717) is 68.9 Å². The molecular formula is C44H36BrF4N11O3. The van der Waals surface area contributed by atoms with E-state index >= 15 is 0 Å². The molecule has 0 spiro atoms. The summed E-state index contributed by atoms with van der Waals surface area (Å²) in [6.45, 7) is 1.59. The second-order valence-electron chi connectivity index (χ2n) is 14.4. The lowest BCUT2D eigenvalue weighted by Crippen LogP contribution is -2.41. The minimum atomic E-state index is -1.01. The molecule has 19 heteroatoms. The maximum absolute atomic E-state index is 14.0. The van der Waals surface area contributed by atoms with Crippen LogP contribution in [0, 0.1) is 35.1 Å². The Bertz CT molecular complexity index is 3040. The molecule has 8 aromatic rings. The molecule has 0 unspecified atom stereocenters. The van der Waals surface area contributed by atoms with Crippen molar-refractivity contribution in [2.24, 2.45) is 0 Å². The van der Waals surface area contributed by atoms with Crippen LogP contribution in [0.1, 0.15) is 18.4 Å². The summed E-state index contributed by atoms with van der Waals surface area (Å²) in [5.74, 6) is 4.85. The lowest BCUT2D eigenvalue weighted by atomic mass is 9.92. The van der Waals surface area contributed by atoms with Gasteiger partial charge in [-0.1, -0.05) is 27.8 Å². The number of piperidine rings is 1. The van der Waals surface area contributed by atoms with Crippen molar-refractivity contribution >= 4 is 61.3 Å². The number of aromatic amines is 2. The fraction of sp³-hybridized carbons (Fsp3) is 0.182. The molecule has 5 heterocycles. The van der Waals surface area contributed by atoms with E-state index in [-0.39, 0.29) is 23.3 Å². The van der Waals surface area contributed by atoms with Crippen molar-refractivity contribution in [3.05, 3.63) is 118 Å². The van der Waals surface area contributed by atoms with Gasteiger partial charge in [0.15, 0.2) is 11.3 Å². The van der Waals surface area contributed by atoms with Gasteiger partial charge in [-0.2, -0.15) is 20.2 Å². The third kappa shape index (κ3) is 9.52. The molecule has 1 aliphatic rings. The Kier molecular flexibility index (Phi) is 12.2. The molecule has 0 atom stereocenters. The number of hydrogen-bond acceptors (Lipinski definition) is 12. The number of fused-ring (bicyclic) bond motifs is 2. The number of hydrogen-bond donors (Lipinski definition) is 5. The van der Waals surface area contributed by atoms with Crippen LogP contribution in [0.2, 0.25) is 0 Å². The van der Waals surface area contributed by atoms with E-state index in [9.17, 15) is 22.7 Å². The van der Waals surface area contributed by atoms with Gasteiger partial charge < -0.3 is 30.1 Å². The number of benzene rings is 4. The number of aliphatic hydroxyl groups is 1. The number of rotatable bonds is 8. The van der Waals surface area contributed by atoms with Crippen molar-refractivity contribution < 1.29 is 32.1 Å². The number of halogens is 5. The number of anilines is 4. The predicted molar refractivity (Wildman–Crippen MR) is 233 cm³/mol. The molecule has 4 aromatic heterocycles. The predicted octanol–water partition coefficient (Wildman–Crippen LogP) is 8.67. The van der Waals surface area contributed by atoms with E-state index in [2.05, 4.69) is 83.6 Å². The summed E-state index contributed by atoms with van der Waals surface area (Å²) in [6, 6.07) is 17.5. The van der Waals surface area contributed by atoms with Crippen LogP contribution in [0.5, 0.6) is 11.5 Å². The highest BCUT2D eigenvalue weighted by molar-refractivity contribution is 9.10. The third-order valence-electron chi connectivity index (χ3n) is 10.1. The fourth-order valence-electron chi connectivity index (χ4n) is 6.72. The smallest absolute Gasteiger partial charge is 0.229 e. The van der Waals surface area contributed by atoms with Crippen molar-refractivity contribution in [2.45, 2.75) is 18.4 Å². The number of ether oxygens (including phenoxy) is 2. The first-order chi connectivity index (χ1) is 30.4. The quantitative estimate of drug-likeness (QED) is 0.0726. The highest BCUT2D eigenvalue weighted by Crippen LogP contribution is 2.36. The molecule has 0 radical (unpaired) electrons. The van der Waals surface area contributed by atoms with Crippen LogP contribution in [0.15, 0.2) is 89.7 Å². The maximum Gasteiger partial charge on any atom is 0.229 e. The zero-order chi connectivity index (χ0) is 44.3. The lowest BCUT2D eigenvalue weighted by Gasteiger charge is -2.32. The number of methoxy groups -OCH3 is 2. The molecule has 63 heavy (non-hydrogen) atoms. The number of nitrogens with zero attached hydrogens (tertiary/aromatic N) is 7. The molecule has 4 aromatic carbocycles. The largest absolute Gasteiger partial charge is 0.496 e. The Morgan fingerprint density at radius 2 is 1.22 bits per heavy atom. The van der Waals surface area contributed by atoms with Crippen LogP contribution in [0.25, 0.3) is 44.6 Å². The summed E-state index contributed by atoms with van der Waals surface area (Å²) in [6.07, 6.45) is 4.33. The Morgan fingerprint density at radius 1 is 0.714 bits per heavy atom. The van der Waals surface area contributed by atoms with Gasteiger partial charge in [-0.05, 0) is 67.7 Å². The molecule has 1 fully saturated rings. The Labute approximate surface area is 365 Å².